The summed E-state index contributed by atoms with van der Waals surface area (Å²) in [4.78, 5) is 27.9. The van der Waals surface area contributed by atoms with E-state index in [0.29, 0.717) is 18.8 Å². The van der Waals surface area contributed by atoms with E-state index in [1.807, 2.05) is 11.9 Å². The van der Waals surface area contributed by atoms with Gasteiger partial charge < -0.3 is 24.6 Å². The van der Waals surface area contributed by atoms with Crippen LogP contribution in [0.4, 0.5) is 30.2 Å². The molecule has 2 aromatic carbocycles. The smallest absolute Gasteiger partial charge is 0.416 e. The second-order valence-corrected chi connectivity index (χ2v) is 7.76. The van der Waals surface area contributed by atoms with Crippen LogP contribution in [0.2, 0.25) is 0 Å². The van der Waals surface area contributed by atoms with Crippen LogP contribution in [0.25, 0.3) is 0 Å². The summed E-state index contributed by atoms with van der Waals surface area (Å²) in [5, 5.41) is 14.1. The van der Waals surface area contributed by atoms with Crippen molar-refractivity contribution < 1.29 is 32.4 Å². The summed E-state index contributed by atoms with van der Waals surface area (Å²) in [6, 6.07) is 6.73. The monoisotopic (exact) mass is 482 g/mol. The van der Waals surface area contributed by atoms with Gasteiger partial charge in [0, 0.05) is 44.9 Å². The normalized spacial score (nSPS) is 14.7. The van der Waals surface area contributed by atoms with Gasteiger partial charge in [0.25, 0.3) is 11.6 Å². The molecule has 0 saturated carbocycles. The van der Waals surface area contributed by atoms with Crippen molar-refractivity contribution in [3.63, 3.8) is 0 Å². The minimum atomic E-state index is -4.63. The van der Waals surface area contributed by atoms with E-state index in [4.69, 9.17) is 9.47 Å². The fourth-order valence-corrected chi connectivity index (χ4v) is 3.48. The molecule has 1 heterocycles. The Balaban J connectivity index is 1.88. The lowest BCUT2D eigenvalue weighted by atomic mass is 10.1. The molecule has 0 radical (unpaired) electrons. The third kappa shape index (κ3) is 6.14. The van der Waals surface area contributed by atoms with Gasteiger partial charge in [0.05, 0.1) is 22.8 Å². The van der Waals surface area contributed by atoms with Crippen molar-refractivity contribution in [3.8, 4) is 5.75 Å². The zero-order valence-corrected chi connectivity index (χ0v) is 18.7. The largest absolute Gasteiger partial charge is 0.489 e. The topological polar surface area (TPSA) is 97.2 Å². The molecule has 1 amide bonds. The van der Waals surface area contributed by atoms with Crippen molar-refractivity contribution >= 4 is 23.0 Å². The van der Waals surface area contributed by atoms with Gasteiger partial charge in [-0.25, -0.2) is 0 Å². The minimum absolute atomic E-state index is 0.0157. The molecule has 9 nitrogen and oxygen atoms in total. The number of likely N-dealkylation sites (N-methyl/N-ethyl adjacent to an activating group) is 1. The molecule has 1 aliphatic heterocycles. The van der Waals surface area contributed by atoms with E-state index in [0.717, 1.165) is 37.4 Å². The maximum Gasteiger partial charge on any atom is 0.416 e. The lowest BCUT2D eigenvalue weighted by Gasteiger charge is -2.33. The maximum atomic E-state index is 13.2. The number of nitrogens with one attached hydrogen (secondary N) is 1. The van der Waals surface area contributed by atoms with Gasteiger partial charge in [-0.1, -0.05) is 0 Å². The van der Waals surface area contributed by atoms with Crippen LogP contribution in [0.5, 0.6) is 5.75 Å². The molecule has 0 unspecified atom stereocenters. The lowest BCUT2D eigenvalue weighted by molar-refractivity contribution is -0.384. The highest BCUT2D eigenvalue weighted by Gasteiger charge is 2.32. The maximum absolute atomic E-state index is 13.2. The number of nitro groups is 1. The van der Waals surface area contributed by atoms with Gasteiger partial charge in [0.1, 0.15) is 18.0 Å². The molecular weight excluding hydrogens is 457 g/mol. The summed E-state index contributed by atoms with van der Waals surface area (Å²) in [5.74, 6) is -0.786. The first-order valence-corrected chi connectivity index (χ1v) is 10.5. The van der Waals surface area contributed by atoms with E-state index in [1.165, 1.54) is 19.2 Å². The van der Waals surface area contributed by atoms with Crippen molar-refractivity contribution in [2.24, 2.45) is 0 Å². The van der Waals surface area contributed by atoms with Crippen LogP contribution in [0.3, 0.4) is 0 Å². The molecule has 12 heteroatoms. The van der Waals surface area contributed by atoms with Crippen LogP contribution in [-0.2, 0) is 10.9 Å². The van der Waals surface area contributed by atoms with Gasteiger partial charge >= 0.3 is 6.18 Å². The number of amides is 1. The SMILES string of the molecule is COCCOc1ccc(C(F)(F)F)cc1NC(=O)c1ccc(N2CCN(C)CC2)c([N+](=O)[O-])c1. The van der Waals surface area contributed by atoms with Crippen molar-refractivity contribution in [1.82, 2.24) is 4.90 Å². The minimum Gasteiger partial charge on any atom is -0.489 e. The molecule has 0 spiro atoms. The molecule has 3 rings (SSSR count). The Bertz CT molecular complexity index is 1040. The van der Waals surface area contributed by atoms with E-state index >= 15 is 0 Å². The number of hydrogen-bond acceptors (Lipinski definition) is 7. The Hall–Kier alpha value is -3.38. The number of carbonyl (C=O) groups excluding carboxylic acids is 1. The Morgan fingerprint density at radius 1 is 1.12 bits per heavy atom. The number of carbonyl (C=O) groups is 1. The molecule has 2 aromatic rings. The van der Waals surface area contributed by atoms with E-state index in [1.54, 1.807) is 0 Å². The second kappa shape index (κ2) is 10.7. The number of nitro benzene ring substituents is 1. The zero-order valence-electron chi connectivity index (χ0n) is 18.7. The lowest BCUT2D eigenvalue weighted by Crippen LogP contribution is -2.44. The first-order valence-electron chi connectivity index (χ1n) is 10.5. The number of halogens is 3. The van der Waals surface area contributed by atoms with Gasteiger partial charge in [0.15, 0.2) is 0 Å². The number of benzene rings is 2. The van der Waals surface area contributed by atoms with Crippen LogP contribution in [-0.4, -0.2) is 69.3 Å². The summed E-state index contributed by atoms with van der Waals surface area (Å²) in [7, 11) is 3.40. The fraction of sp³-hybridized carbons (Fsp3) is 0.409. The molecule has 1 aliphatic rings. The quantitative estimate of drug-likeness (QED) is 0.349. The first kappa shape index (κ1) is 25.2. The summed E-state index contributed by atoms with van der Waals surface area (Å²) in [6.07, 6.45) is -4.63. The molecule has 0 bridgehead atoms. The van der Waals surface area contributed by atoms with E-state index < -0.39 is 22.6 Å². The Labute approximate surface area is 194 Å². The number of anilines is 2. The predicted octanol–water partition coefficient (Wildman–Crippen LogP) is 3.64. The molecular formula is C22H25F3N4O5. The Morgan fingerprint density at radius 2 is 1.82 bits per heavy atom. The first-order chi connectivity index (χ1) is 16.1. The number of rotatable bonds is 8. The van der Waals surface area contributed by atoms with Gasteiger partial charge in [-0.2, -0.15) is 13.2 Å². The van der Waals surface area contributed by atoms with Crippen molar-refractivity contribution in [1.29, 1.82) is 0 Å². The van der Waals surface area contributed by atoms with Crippen LogP contribution >= 0.6 is 0 Å². The van der Waals surface area contributed by atoms with Crippen molar-refractivity contribution in [2.75, 3.05) is 63.8 Å². The third-order valence-electron chi connectivity index (χ3n) is 5.38. The summed E-state index contributed by atoms with van der Waals surface area (Å²) >= 11 is 0. The summed E-state index contributed by atoms with van der Waals surface area (Å²) in [5.41, 5.74) is -1.11. The molecule has 0 aliphatic carbocycles. The zero-order chi connectivity index (χ0) is 24.9. The van der Waals surface area contributed by atoms with Crippen molar-refractivity contribution in [2.45, 2.75) is 6.18 Å². The number of piperazine rings is 1. The average Bonchev–Trinajstić information content (AvgIpc) is 2.79. The second-order valence-electron chi connectivity index (χ2n) is 7.76. The Kier molecular flexibility index (Phi) is 7.94. The molecule has 1 N–H and O–H groups in total. The van der Waals surface area contributed by atoms with Crippen molar-refractivity contribution in [3.05, 3.63) is 57.6 Å². The van der Waals surface area contributed by atoms with Crippen LogP contribution in [0, 0.1) is 10.1 Å². The number of methoxy groups -OCH3 is 1. The highest BCUT2D eigenvalue weighted by atomic mass is 19.4. The molecule has 1 saturated heterocycles. The Morgan fingerprint density at radius 3 is 2.44 bits per heavy atom. The van der Waals surface area contributed by atoms with Gasteiger partial charge in [-0.3, -0.25) is 14.9 Å². The molecule has 34 heavy (non-hydrogen) atoms. The van der Waals surface area contributed by atoms with E-state index in [2.05, 4.69) is 10.2 Å². The van der Waals surface area contributed by atoms with Crippen LogP contribution in [0.1, 0.15) is 15.9 Å². The number of ether oxygens (including phenoxy) is 2. The van der Waals surface area contributed by atoms with Crippen LogP contribution in [0.15, 0.2) is 36.4 Å². The fourth-order valence-electron chi connectivity index (χ4n) is 3.48. The number of alkyl halides is 3. The van der Waals surface area contributed by atoms with Gasteiger partial charge in [0.2, 0.25) is 0 Å². The van der Waals surface area contributed by atoms with E-state index in [-0.39, 0.29) is 35.9 Å². The number of hydrogen-bond donors (Lipinski definition) is 1. The highest BCUT2D eigenvalue weighted by molar-refractivity contribution is 6.06. The summed E-state index contributed by atoms with van der Waals surface area (Å²) in [6.45, 7) is 2.90. The third-order valence-corrected chi connectivity index (χ3v) is 5.38. The molecule has 0 aromatic heterocycles. The average molecular weight is 482 g/mol. The van der Waals surface area contributed by atoms with Crippen LogP contribution < -0.4 is 15.0 Å². The molecule has 0 atom stereocenters. The highest BCUT2D eigenvalue weighted by Crippen LogP contribution is 2.36. The molecule has 184 valence electrons. The van der Waals surface area contributed by atoms with E-state index in [9.17, 15) is 28.1 Å². The van der Waals surface area contributed by atoms with Gasteiger partial charge in [-0.05, 0) is 37.4 Å². The predicted molar refractivity (Wildman–Crippen MR) is 120 cm³/mol. The molecule has 1 fully saturated rings. The summed E-state index contributed by atoms with van der Waals surface area (Å²) < 4.78 is 49.9. The standard InChI is InChI=1S/C22H25F3N4O5/c1-27-7-9-28(10-8-27)18-5-3-15(13-19(18)29(31)32)21(30)26-17-14-16(22(23,24)25)4-6-20(17)34-12-11-33-2/h3-6,13-14H,7-12H2,1-2H3,(H,26,30). The number of nitrogens with zero attached hydrogens (tertiary/aromatic N) is 3. The van der Waals surface area contributed by atoms with Gasteiger partial charge in [-0.15, -0.1) is 0 Å².